The van der Waals surface area contributed by atoms with Gasteiger partial charge in [0.25, 0.3) is 0 Å². The first-order valence-corrected chi connectivity index (χ1v) is 8.86. The van der Waals surface area contributed by atoms with Crippen LogP contribution in [0.1, 0.15) is 19.4 Å². The maximum Gasteiger partial charge on any atom is 0.246 e. The number of carbonyl (C=O) groups excluding carboxylic acids is 2. The zero-order valence-electron chi connectivity index (χ0n) is 14.1. The first-order chi connectivity index (χ1) is 10.9. The monoisotopic (exact) mass is 336 g/mol. The molecule has 1 aliphatic heterocycles. The van der Waals surface area contributed by atoms with Gasteiger partial charge in [0.15, 0.2) is 0 Å². The van der Waals surface area contributed by atoms with Crippen molar-refractivity contribution in [3.8, 4) is 5.75 Å². The van der Waals surface area contributed by atoms with E-state index in [9.17, 15) is 9.59 Å². The van der Waals surface area contributed by atoms with E-state index >= 15 is 0 Å². The van der Waals surface area contributed by atoms with Crippen LogP contribution >= 0.6 is 11.8 Å². The zero-order chi connectivity index (χ0) is 17.0. The fourth-order valence-electron chi connectivity index (χ4n) is 2.40. The number of nitrogens with zero attached hydrogens (tertiary/aromatic N) is 2. The lowest BCUT2D eigenvalue weighted by Crippen LogP contribution is -2.49. The number of methoxy groups -OCH3 is 1. The van der Waals surface area contributed by atoms with Gasteiger partial charge in [-0.15, -0.1) is 11.8 Å². The first kappa shape index (κ1) is 17.7. The van der Waals surface area contributed by atoms with Gasteiger partial charge in [-0.1, -0.05) is 12.1 Å². The molecule has 6 heteroatoms. The summed E-state index contributed by atoms with van der Waals surface area (Å²) >= 11 is 1.63. The van der Waals surface area contributed by atoms with Crippen LogP contribution in [-0.4, -0.2) is 59.5 Å². The Labute approximate surface area is 142 Å². The van der Waals surface area contributed by atoms with E-state index in [1.807, 2.05) is 38.1 Å². The van der Waals surface area contributed by atoms with Crippen molar-refractivity contribution < 1.29 is 14.3 Å². The number of thioether (sulfide) groups is 1. The largest absolute Gasteiger partial charge is 0.497 e. The predicted molar refractivity (Wildman–Crippen MR) is 92.6 cm³/mol. The Bertz CT molecular complexity index is 559. The molecule has 1 aromatic rings. The Hall–Kier alpha value is -1.69. The van der Waals surface area contributed by atoms with Crippen molar-refractivity contribution in [3.05, 3.63) is 29.8 Å². The lowest BCUT2D eigenvalue weighted by molar-refractivity contribution is -0.143. The number of amides is 2. The second kappa shape index (κ2) is 7.73. The average molecular weight is 336 g/mol. The van der Waals surface area contributed by atoms with Crippen molar-refractivity contribution >= 4 is 23.6 Å². The summed E-state index contributed by atoms with van der Waals surface area (Å²) < 4.78 is 5.12. The molecule has 2 amide bonds. The fourth-order valence-corrected chi connectivity index (χ4v) is 3.57. The summed E-state index contributed by atoms with van der Waals surface area (Å²) in [5, 5.41) is 0. The molecule has 0 bridgehead atoms. The second-order valence-electron chi connectivity index (χ2n) is 5.95. The van der Waals surface area contributed by atoms with Gasteiger partial charge in [-0.25, -0.2) is 0 Å². The topological polar surface area (TPSA) is 49.9 Å². The third-order valence-electron chi connectivity index (χ3n) is 4.12. The van der Waals surface area contributed by atoms with Crippen LogP contribution in [-0.2, 0) is 16.0 Å². The van der Waals surface area contributed by atoms with E-state index in [0.717, 1.165) is 11.3 Å². The molecule has 1 aliphatic rings. The molecular formula is C17H24N2O3S. The van der Waals surface area contributed by atoms with Crippen molar-refractivity contribution in [2.75, 3.05) is 25.8 Å². The summed E-state index contributed by atoms with van der Waals surface area (Å²) in [7, 11) is 3.41. The number of hydrogen-bond acceptors (Lipinski definition) is 4. The smallest absolute Gasteiger partial charge is 0.246 e. The summed E-state index contributed by atoms with van der Waals surface area (Å²) in [5.41, 5.74) is 0.927. The molecule has 1 aromatic carbocycles. The molecule has 0 unspecified atom stereocenters. The molecular weight excluding hydrogens is 312 g/mol. The van der Waals surface area contributed by atoms with Crippen LogP contribution in [0.4, 0.5) is 0 Å². The van der Waals surface area contributed by atoms with Crippen molar-refractivity contribution in [1.82, 2.24) is 9.80 Å². The molecule has 1 saturated heterocycles. The molecule has 0 saturated carbocycles. The number of benzene rings is 1. The van der Waals surface area contributed by atoms with E-state index in [4.69, 9.17) is 4.74 Å². The highest BCUT2D eigenvalue weighted by atomic mass is 32.2. The van der Waals surface area contributed by atoms with Crippen LogP contribution in [0.2, 0.25) is 0 Å². The van der Waals surface area contributed by atoms with E-state index in [-0.39, 0.29) is 23.9 Å². The van der Waals surface area contributed by atoms with Crippen molar-refractivity contribution in [2.45, 2.75) is 32.4 Å². The predicted octanol–water partition coefficient (Wildman–Crippen LogP) is 2.01. The van der Waals surface area contributed by atoms with Crippen molar-refractivity contribution in [1.29, 1.82) is 0 Å². The van der Waals surface area contributed by atoms with Crippen LogP contribution in [0.3, 0.4) is 0 Å². The van der Waals surface area contributed by atoms with Crippen LogP contribution in [0.25, 0.3) is 0 Å². The van der Waals surface area contributed by atoms with Gasteiger partial charge in [-0.2, -0.15) is 0 Å². The van der Waals surface area contributed by atoms with Crippen molar-refractivity contribution in [3.63, 3.8) is 0 Å². The molecule has 0 radical (unpaired) electrons. The minimum Gasteiger partial charge on any atom is -0.497 e. The summed E-state index contributed by atoms with van der Waals surface area (Å²) in [6.45, 7) is 3.95. The number of hydrogen-bond donors (Lipinski definition) is 0. The normalized spacial score (nSPS) is 17.4. The van der Waals surface area contributed by atoms with Gasteiger partial charge in [-0.05, 0) is 31.5 Å². The Morgan fingerprint density at radius 1 is 1.35 bits per heavy atom. The van der Waals surface area contributed by atoms with Gasteiger partial charge >= 0.3 is 0 Å². The summed E-state index contributed by atoms with van der Waals surface area (Å²) in [6.07, 6.45) is 0.305. The zero-order valence-corrected chi connectivity index (χ0v) is 14.9. The molecule has 0 aromatic heterocycles. The third kappa shape index (κ3) is 4.19. The van der Waals surface area contributed by atoms with Gasteiger partial charge in [-0.3, -0.25) is 9.59 Å². The van der Waals surface area contributed by atoms with E-state index in [2.05, 4.69) is 0 Å². The van der Waals surface area contributed by atoms with Crippen LogP contribution in [0.5, 0.6) is 5.75 Å². The van der Waals surface area contributed by atoms with E-state index < -0.39 is 0 Å². The Kier molecular flexibility index (Phi) is 5.93. The number of ether oxygens (including phenoxy) is 1. The van der Waals surface area contributed by atoms with E-state index in [0.29, 0.717) is 18.1 Å². The average Bonchev–Trinajstić information content (AvgIpc) is 3.03. The second-order valence-corrected chi connectivity index (χ2v) is 6.95. The summed E-state index contributed by atoms with van der Waals surface area (Å²) in [6, 6.07) is 7.24. The molecule has 1 atom stereocenters. The Balaban J connectivity index is 2.03. The lowest BCUT2D eigenvalue weighted by Gasteiger charge is -2.29. The van der Waals surface area contributed by atoms with Crippen LogP contribution in [0.15, 0.2) is 24.3 Å². The van der Waals surface area contributed by atoms with E-state index in [1.54, 1.807) is 35.7 Å². The highest BCUT2D eigenvalue weighted by Crippen LogP contribution is 2.24. The van der Waals surface area contributed by atoms with Gasteiger partial charge in [0.05, 0.1) is 19.4 Å². The number of carbonyl (C=O) groups is 2. The lowest BCUT2D eigenvalue weighted by atomic mass is 10.1. The number of likely N-dealkylation sites (N-methyl/N-ethyl adjacent to an activating group) is 1. The quantitative estimate of drug-likeness (QED) is 0.825. The third-order valence-corrected chi connectivity index (χ3v) is 5.14. The molecule has 0 N–H and O–H groups in total. The van der Waals surface area contributed by atoms with Gasteiger partial charge < -0.3 is 14.5 Å². The minimum atomic E-state index is -0.349. The standard InChI is InChI=1S/C17H24N2O3S/c1-12(2)18(3)17(21)15-10-23-11-19(15)16(20)9-13-5-7-14(22-4)8-6-13/h5-8,12,15H,9-11H2,1-4H3/t15-/m0/s1. The summed E-state index contributed by atoms with van der Waals surface area (Å²) in [4.78, 5) is 28.5. The van der Waals surface area contributed by atoms with Gasteiger partial charge in [0.2, 0.25) is 11.8 Å². The highest BCUT2D eigenvalue weighted by Gasteiger charge is 2.36. The molecule has 126 valence electrons. The Morgan fingerprint density at radius 3 is 2.57 bits per heavy atom. The van der Waals surface area contributed by atoms with Gasteiger partial charge in [0.1, 0.15) is 11.8 Å². The first-order valence-electron chi connectivity index (χ1n) is 7.71. The SMILES string of the molecule is COc1ccc(CC(=O)N2CSC[C@H]2C(=O)N(C)C(C)C)cc1. The van der Waals surface area contributed by atoms with E-state index in [1.165, 1.54) is 0 Å². The fraction of sp³-hybridized carbons (Fsp3) is 0.529. The molecule has 5 nitrogen and oxygen atoms in total. The highest BCUT2D eigenvalue weighted by molar-refractivity contribution is 7.99. The molecule has 1 fully saturated rings. The summed E-state index contributed by atoms with van der Waals surface area (Å²) in [5.74, 6) is 2.04. The minimum absolute atomic E-state index is 0.00401. The molecule has 0 spiro atoms. The molecule has 23 heavy (non-hydrogen) atoms. The molecule has 0 aliphatic carbocycles. The maximum absolute atomic E-state index is 12.6. The number of rotatable bonds is 5. The molecule has 1 heterocycles. The van der Waals surface area contributed by atoms with Gasteiger partial charge in [0, 0.05) is 18.8 Å². The van der Waals surface area contributed by atoms with Crippen LogP contribution in [0, 0.1) is 0 Å². The van der Waals surface area contributed by atoms with Crippen LogP contribution < -0.4 is 4.74 Å². The van der Waals surface area contributed by atoms with Crippen molar-refractivity contribution in [2.24, 2.45) is 0 Å². The molecule has 2 rings (SSSR count). The maximum atomic E-state index is 12.6. The Morgan fingerprint density at radius 2 is 2.00 bits per heavy atom.